The van der Waals surface area contributed by atoms with Crippen LogP contribution in [0.15, 0.2) is 42.5 Å². The van der Waals surface area contributed by atoms with E-state index in [1.165, 1.54) is 16.9 Å². The third-order valence-electron chi connectivity index (χ3n) is 4.07. The number of nitrogens with zero attached hydrogens (tertiary/aromatic N) is 2. The van der Waals surface area contributed by atoms with Gasteiger partial charge in [0.15, 0.2) is 0 Å². The van der Waals surface area contributed by atoms with Crippen LogP contribution < -0.4 is 10.6 Å². The van der Waals surface area contributed by atoms with E-state index in [0.717, 1.165) is 10.8 Å². The van der Waals surface area contributed by atoms with E-state index in [-0.39, 0.29) is 24.4 Å². The van der Waals surface area contributed by atoms with Crippen LogP contribution in [0.5, 0.6) is 0 Å². The van der Waals surface area contributed by atoms with Gasteiger partial charge in [-0.05, 0) is 17.9 Å². The standard InChI is InChI=1S/C18H20N4O3/c1-13(23)19-12-17(24)21-10-5-11-22(21)18(25)20-16-9-4-7-14-6-2-3-8-15(14)16/h2-4,6-9H,5,10-12H2,1H3,(H,19,23)(H,20,25). The highest BCUT2D eigenvalue weighted by atomic mass is 16.2. The molecule has 1 aliphatic heterocycles. The normalized spacial score (nSPS) is 13.8. The topological polar surface area (TPSA) is 81.8 Å². The fourth-order valence-corrected chi connectivity index (χ4v) is 2.89. The summed E-state index contributed by atoms with van der Waals surface area (Å²) in [6, 6.07) is 13.1. The van der Waals surface area contributed by atoms with Crippen molar-refractivity contribution in [2.45, 2.75) is 13.3 Å². The Labute approximate surface area is 145 Å². The quantitative estimate of drug-likeness (QED) is 0.896. The first-order valence-corrected chi connectivity index (χ1v) is 8.17. The SMILES string of the molecule is CC(=O)NCC(=O)N1CCCN1C(=O)Nc1cccc2ccccc12. The smallest absolute Gasteiger partial charge is 0.340 e. The molecule has 0 aromatic heterocycles. The minimum absolute atomic E-state index is 0.118. The molecule has 2 N–H and O–H groups in total. The molecule has 1 saturated heterocycles. The molecule has 0 spiro atoms. The summed E-state index contributed by atoms with van der Waals surface area (Å²) in [5.74, 6) is -0.583. The number of rotatable bonds is 3. The van der Waals surface area contributed by atoms with Crippen LogP contribution in [0, 0.1) is 0 Å². The number of urea groups is 1. The van der Waals surface area contributed by atoms with Gasteiger partial charge >= 0.3 is 6.03 Å². The van der Waals surface area contributed by atoms with Crippen molar-refractivity contribution in [2.24, 2.45) is 0 Å². The molecule has 0 aliphatic carbocycles. The van der Waals surface area contributed by atoms with Crippen molar-refractivity contribution in [1.29, 1.82) is 0 Å². The number of hydrogen-bond acceptors (Lipinski definition) is 3. The maximum Gasteiger partial charge on any atom is 0.340 e. The number of anilines is 1. The van der Waals surface area contributed by atoms with Crippen LogP contribution in [-0.4, -0.2) is 47.5 Å². The predicted molar refractivity (Wildman–Crippen MR) is 94.7 cm³/mol. The van der Waals surface area contributed by atoms with Crippen LogP contribution in [-0.2, 0) is 9.59 Å². The first kappa shape index (κ1) is 16.8. The average molecular weight is 340 g/mol. The molecule has 25 heavy (non-hydrogen) atoms. The van der Waals surface area contributed by atoms with Gasteiger partial charge in [-0.25, -0.2) is 14.8 Å². The molecule has 1 fully saturated rings. The monoisotopic (exact) mass is 340 g/mol. The zero-order chi connectivity index (χ0) is 17.8. The third-order valence-corrected chi connectivity index (χ3v) is 4.07. The number of fused-ring (bicyclic) bond motifs is 1. The largest absolute Gasteiger partial charge is 0.347 e. The summed E-state index contributed by atoms with van der Waals surface area (Å²) in [4.78, 5) is 35.8. The highest BCUT2D eigenvalue weighted by Crippen LogP contribution is 2.24. The van der Waals surface area contributed by atoms with Gasteiger partial charge in [-0.2, -0.15) is 0 Å². The summed E-state index contributed by atoms with van der Waals surface area (Å²) in [7, 11) is 0. The summed E-state index contributed by atoms with van der Waals surface area (Å²) < 4.78 is 0. The molecule has 0 bridgehead atoms. The molecule has 4 amide bonds. The number of carbonyl (C=O) groups is 3. The Morgan fingerprint density at radius 2 is 1.72 bits per heavy atom. The summed E-state index contributed by atoms with van der Waals surface area (Å²) in [5.41, 5.74) is 0.698. The van der Waals surface area contributed by atoms with Crippen LogP contribution in [0.4, 0.5) is 10.5 Å². The molecule has 7 nitrogen and oxygen atoms in total. The van der Waals surface area contributed by atoms with Gasteiger partial charge in [0.25, 0.3) is 5.91 Å². The minimum Gasteiger partial charge on any atom is -0.347 e. The third kappa shape index (κ3) is 3.71. The highest BCUT2D eigenvalue weighted by molar-refractivity contribution is 6.02. The molecule has 2 aromatic rings. The average Bonchev–Trinajstić information content (AvgIpc) is 3.10. The second kappa shape index (κ2) is 7.21. The van der Waals surface area contributed by atoms with E-state index in [2.05, 4.69) is 10.6 Å². The van der Waals surface area contributed by atoms with Crippen molar-refractivity contribution in [1.82, 2.24) is 15.3 Å². The molecule has 0 atom stereocenters. The fraction of sp³-hybridized carbons (Fsp3) is 0.278. The van der Waals surface area contributed by atoms with Gasteiger partial charge in [0.2, 0.25) is 5.91 Å². The van der Waals surface area contributed by atoms with Crippen molar-refractivity contribution in [3.05, 3.63) is 42.5 Å². The van der Waals surface area contributed by atoms with Crippen molar-refractivity contribution in [2.75, 3.05) is 25.0 Å². The molecule has 2 aromatic carbocycles. The van der Waals surface area contributed by atoms with E-state index >= 15 is 0 Å². The first-order valence-electron chi connectivity index (χ1n) is 8.17. The number of carbonyl (C=O) groups excluding carboxylic acids is 3. The number of amides is 4. The minimum atomic E-state index is -0.356. The maximum atomic E-state index is 12.6. The lowest BCUT2D eigenvalue weighted by atomic mass is 10.1. The molecule has 3 rings (SSSR count). The van der Waals surface area contributed by atoms with Crippen LogP contribution in [0.25, 0.3) is 10.8 Å². The summed E-state index contributed by atoms with van der Waals surface area (Å²) >= 11 is 0. The van der Waals surface area contributed by atoms with Crippen LogP contribution in [0.2, 0.25) is 0 Å². The Balaban J connectivity index is 1.73. The number of hydrazine groups is 1. The Morgan fingerprint density at radius 1 is 1.00 bits per heavy atom. The van der Waals surface area contributed by atoms with Crippen LogP contribution in [0.3, 0.4) is 0 Å². The van der Waals surface area contributed by atoms with Gasteiger partial charge in [-0.3, -0.25) is 9.59 Å². The molecule has 0 radical (unpaired) electrons. The molecule has 0 unspecified atom stereocenters. The number of nitrogens with one attached hydrogen (secondary N) is 2. The summed E-state index contributed by atoms with van der Waals surface area (Å²) in [6.07, 6.45) is 0.703. The van der Waals surface area contributed by atoms with E-state index < -0.39 is 0 Å². The van der Waals surface area contributed by atoms with Crippen molar-refractivity contribution >= 4 is 34.3 Å². The Kier molecular flexibility index (Phi) is 4.83. The second-order valence-electron chi connectivity index (χ2n) is 5.86. The van der Waals surface area contributed by atoms with Gasteiger partial charge in [-0.15, -0.1) is 0 Å². The van der Waals surface area contributed by atoms with Crippen LogP contribution in [0.1, 0.15) is 13.3 Å². The first-order chi connectivity index (χ1) is 12.1. The lowest BCUT2D eigenvalue weighted by Crippen LogP contribution is -2.49. The van der Waals surface area contributed by atoms with E-state index in [9.17, 15) is 14.4 Å². The van der Waals surface area contributed by atoms with Crippen molar-refractivity contribution < 1.29 is 14.4 Å². The molecule has 1 heterocycles. The summed E-state index contributed by atoms with van der Waals surface area (Å²) in [5, 5.41) is 10.1. The van der Waals surface area contributed by atoms with Crippen molar-refractivity contribution in [3.63, 3.8) is 0 Å². The second-order valence-corrected chi connectivity index (χ2v) is 5.86. The van der Waals surface area contributed by atoms with E-state index in [0.29, 0.717) is 25.2 Å². The zero-order valence-electron chi connectivity index (χ0n) is 14.0. The van der Waals surface area contributed by atoms with Gasteiger partial charge in [0, 0.05) is 25.4 Å². The Morgan fingerprint density at radius 3 is 2.52 bits per heavy atom. The van der Waals surface area contributed by atoms with Gasteiger partial charge in [0.1, 0.15) is 0 Å². The summed E-state index contributed by atoms with van der Waals surface area (Å²) in [6.45, 7) is 2.15. The zero-order valence-corrected chi connectivity index (χ0v) is 14.0. The number of hydrogen-bond donors (Lipinski definition) is 2. The molecule has 1 aliphatic rings. The fourth-order valence-electron chi connectivity index (χ4n) is 2.89. The predicted octanol–water partition coefficient (Wildman–Crippen LogP) is 1.96. The van der Waals surface area contributed by atoms with E-state index in [4.69, 9.17) is 0 Å². The van der Waals surface area contributed by atoms with Gasteiger partial charge < -0.3 is 10.6 Å². The molecular weight excluding hydrogens is 320 g/mol. The van der Waals surface area contributed by atoms with Gasteiger partial charge in [0.05, 0.1) is 12.2 Å². The van der Waals surface area contributed by atoms with Crippen molar-refractivity contribution in [3.8, 4) is 0 Å². The molecule has 130 valence electrons. The maximum absolute atomic E-state index is 12.6. The van der Waals surface area contributed by atoms with Crippen LogP contribution >= 0.6 is 0 Å². The lowest BCUT2D eigenvalue weighted by molar-refractivity contribution is -0.140. The molecule has 7 heteroatoms. The van der Waals surface area contributed by atoms with Gasteiger partial charge in [-0.1, -0.05) is 36.4 Å². The Bertz CT molecular complexity index is 816. The Hall–Kier alpha value is -3.09. The number of benzene rings is 2. The highest BCUT2D eigenvalue weighted by Gasteiger charge is 2.30. The molecule has 0 saturated carbocycles. The molecular formula is C18H20N4O3. The van der Waals surface area contributed by atoms with E-state index in [1.807, 2.05) is 42.5 Å². The van der Waals surface area contributed by atoms with E-state index in [1.54, 1.807) is 0 Å². The lowest BCUT2D eigenvalue weighted by Gasteiger charge is -2.28.